The molecular formula is C7H20B2N2. The zero-order valence-electron chi connectivity index (χ0n) is 8.28. The average molecular weight is 154 g/mol. The molecule has 0 fully saturated rings. The third-order valence-electron chi connectivity index (χ3n) is 2.13. The summed E-state index contributed by atoms with van der Waals surface area (Å²) in [6.45, 7) is 10.0. The number of rotatable bonds is 6. The van der Waals surface area contributed by atoms with Crippen LogP contribution in [0.2, 0.25) is 25.8 Å². The van der Waals surface area contributed by atoms with E-state index in [4.69, 9.17) is 0 Å². The Morgan fingerprint density at radius 3 is 1.82 bits per heavy atom. The van der Waals surface area contributed by atoms with Crippen LogP contribution in [-0.2, 0) is 0 Å². The summed E-state index contributed by atoms with van der Waals surface area (Å²) in [6, 6.07) is 0. The minimum atomic E-state index is 0.579. The van der Waals surface area contributed by atoms with E-state index >= 15 is 0 Å². The summed E-state index contributed by atoms with van der Waals surface area (Å²) in [6.07, 6.45) is 3.56. The fourth-order valence-corrected chi connectivity index (χ4v) is 0.855. The molecule has 2 N–H and O–H groups in total. The number of hydrogen-bond donors (Lipinski definition) is 2. The van der Waals surface area contributed by atoms with Crippen LogP contribution in [0.1, 0.15) is 20.8 Å². The van der Waals surface area contributed by atoms with Crippen LogP contribution in [0.15, 0.2) is 0 Å². The van der Waals surface area contributed by atoms with Crippen LogP contribution in [0.3, 0.4) is 0 Å². The van der Waals surface area contributed by atoms with E-state index in [0.29, 0.717) is 13.7 Å². The van der Waals surface area contributed by atoms with Crippen molar-refractivity contribution in [3.8, 4) is 0 Å². The summed E-state index contributed by atoms with van der Waals surface area (Å²) in [5, 5.41) is 6.60. The van der Waals surface area contributed by atoms with Crippen molar-refractivity contribution in [3.05, 3.63) is 0 Å². The molecule has 0 bridgehead atoms. The van der Waals surface area contributed by atoms with E-state index in [0.717, 1.165) is 0 Å². The van der Waals surface area contributed by atoms with Crippen LogP contribution >= 0.6 is 0 Å². The third-order valence-corrected chi connectivity index (χ3v) is 2.13. The van der Waals surface area contributed by atoms with Crippen molar-refractivity contribution in [2.75, 3.05) is 0 Å². The van der Waals surface area contributed by atoms with Gasteiger partial charge in [-0.25, -0.2) is 0 Å². The van der Waals surface area contributed by atoms with Gasteiger partial charge in [0.2, 0.25) is 13.7 Å². The van der Waals surface area contributed by atoms with Gasteiger partial charge in [0, 0.05) is 0 Å². The molecule has 11 heavy (non-hydrogen) atoms. The predicted octanol–water partition coefficient (Wildman–Crippen LogP) is 1.75. The van der Waals surface area contributed by atoms with Gasteiger partial charge in [0.25, 0.3) is 0 Å². The van der Waals surface area contributed by atoms with Crippen LogP contribution < -0.4 is 10.7 Å². The maximum atomic E-state index is 3.32. The van der Waals surface area contributed by atoms with Crippen LogP contribution in [0.5, 0.6) is 0 Å². The first-order valence-corrected chi connectivity index (χ1v) is 4.75. The second kappa shape index (κ2) is 6.74. The predicted molar refractivity (Wildman–Crippen MR) is 55.1 cm³/mol. The highest BCUT2D eigenvalue weighted by atomic mass is 15.3. The number of hydrazine groups is 1. The lowest BCUT2D eigenvalue weighted by Crippen LogP contribution is -2.49. The molecule has 0 aliphatic heterocycles. The van der Waals surface area contributed by atoms with Gasteiger partial charge in [0.05, 0.1) is 0 Å². The van der Waals surface area contributed by atoms with Gasteiger partial charge < -0.3 is 10.7 Å². The van der Waals surface area contributed by atoms with Crippen molar-refractivity contribution in [3.63, 3.8) is 0 Å². The average Bonchev–Trinajstić information content (AvgIpc) is 2.06. The van der Waals surface area contributed by atoms with Crippen LogP contribution in [0.25, 0.3) is 0 Å². The third kappa shape index (κ3) is 5.33. The van der Waals surface area contributed by atoms with Crippen molar-refractivity contribution in [2.45, 2.75) is 46.6 Å². The lowest BCUT2D eigenvalue weighted by atomic mass is 9.57. The molecule has 0 aromatic rings. The Morgan fingerprint density at radius 2 is 1.45 bits per heavy atom. The molecule has 0 heterocycles. The van der Waals surface area contributed by atoms with Gasteiger partial charge in [0.15, 0.2) is 0 Å². The molecule has 0 aliphatic carbocycles. The summed E-state index contributed by atoms with van der Waals surface area (Å²) in [7, 11) is 0. The lowest BCUT2D eigenvalue weighted by molar-refractivity contribution is 0.875. The second-order valence-electron chi connectivity index (χ2n) is 3.11. The van der Waals surface area contributed by atoms with Crippen LogP contribution in [0, 0.1) is 0 Å². The van der Waals surface area contributed by atoms with Crippen molar-refractivity contribution >= 4 is 13.7 Å². The molecule has 0 radical (unpaired) electrons. The maximum absolute atomic E-state index is 3.32. The lowest BCUT2D eigenvalue weighted by Gasteiger charge is -2.14. The quantitative estimate of drug-likeness (QED) is 0.449. The fourth-order valence-electron chi connectivity index (χ4n) is 0.855. The van der Waals surface area contributed by atoms with Gasteiger partial charge in [-0.1, -0.05) is 46.6 Å². The zero-order chi connectivity index (χ0) is 8.69. The standard InChI is InChI=1S/C7H20B2N2/c1-5-8(4)10-11-9(6-2)7-3/h10-11H,5-7H2,1-4H3. The molecular weight excluding hydrogens is 134 g/mol. The van der Waals surface area contributed by atoms with Crippen molar-refractivity contribution in [2.24, 2.45) is 0 Å². The molecule has 0 aliphatic rings. The van der Waals surface area contributed by atoms with Crippen LogP contribution in [-0.4, -0.2) is 13.7 Å². The van der Waals surface area contributed by atoms with Gasteiger partial charge in [-0.15, -0.1) is 0 Å². The molecule has 2 nitrogen and oxygen atoms in total. The van der Waals surface area contributed by atoms with E-state index in [9.17, 15) is 0 Å². The Labute approximate surface area is 71.7 Å². The minimum absolute atomic E-state index is 0.579. The molecule has 0 aromatic heterocycles. The summed E-state index contributed by atoms with van der Waals surface area (Å²) in [4.78, 5) is 0. The highest BCUT2D eigenvalue weighted by Crippen LogP contribution is 1.92. The summed E-state index contributed by atoms with van der Waals surface area (Å²) in [5.41, 5.74) is 0. The number of nitrogens with one attached hydrogen (secondary N) is 2. The van der Waals surface area contributed by atoms with E-state index < -0.39 is 0 Å². The molecule has 0 saturated heterocycles. The molecule has 0 saturated carbocycles. The minimum Gasteiger partial charge on any atom is -0.307 e. The molecule has 64 valence electrons. The van der Waals surface area contributed by atoms with Gasteiger partial charge >= 0.3 is 0 Å². The summed E-state index contributed by atoms with van der Waals surface area (Å²) in [5.74, 6) is 0. The first-order chi connectivity index (χ1) is 5.24. The van der Waals surface area contributed by atoms with E-state index in [1.165, 1.54) is 19.0 Å². The highest BCUT2D eigenvalue weighted by molar-refractivity contribution is 6.59. The Kier molecular flexibility index (Phi) is 6.77. The van der Waals surface area contributed by atoms with Gasteiger partial charge in [-0.05, 0) is 0 Å². The highest BCUT2D eigenvalue weighted by Gasteiger charge is 2.09. The fraction of sp³-hybridized carbons (Fsp3) is 1.00. The first kappa shape index (κ1) is 11.0. The summed E-state index contributed by atoms with van der Waals surface area (Å²) >= 11 is 0. The molecule has 0 rings (SSSR count). The summed E-state index contributed by atoms with van der Waals surface area (Å²) < 4.78 is 0. The van der Waals surface area contributed by atoms with Gasteiger partial charge in [-0.3, -0.25) is 0 Å². The molecule has 4 heteroatoms. The molecule has 0 spiro atoms. The monoisotopic (exact) mass is 154 g/mol. The van der Waals surface area contributed by atoms with Crippen molar-refractivity contribution in [1.29, 1.82) is 0 Å². The zero-order valence-corrected chi connectivity index (χ0v) is 8.28. The molecule has 0 atom stereocenters. The second-order valence-corrected chi connectivity index (χ2v) is 3.11. The topological polar surface area (TPSA) is 24.1 Å². The normalized spacial score (nSPS) is 9.82. The Morgan fingerprint density at radius 1 is 0.909 bits per heavy atom. The van der Waals surface area contributed by atoms with Crippen molar-refractivity contribution < 1.29 is 0 Å². The van der Waals surface area contributed by atoms with Gasteiger partial charge in [0.1, 0.15) is 0 Å². The molecule has 0 unspecified atom stereocenters. The molecule has 0 amide bonds. The SMILES string of the molecule is CCB(C)NNB(CC)CC. The Balaban J connectivity index is 3.34. The Bertz CT molecular complexity index is 86.5. The van der Waals surface area contributed by atoms with Crippen molar-refractivity contribution in [1.82, 2.24) is 10.7 Å². The smallest absolute Gasteiger partial charge is 0.234 e. The Hall–Kier alpha value is 0.0499. The van der Waals surface area contributed by atoms with E-state index in [2.05, 4.69) is 38.3 Å². The molecule has 0 aromatic carbocycles. The van der Waals surface area contributed by atoms with Crippen LogP contribution in [0.4, 0.5) is 0 Å². The largest absolute Gasteiger partial charge is 0.307 e. The number of hydrogen-bond acceptors (Lipinski definition) is 2. The maximum Gasteiger partial charge on any atom is 0.234 e. The van der Waals surface area contributed by atoms with E-state index in [1.807, 2.05) is 0 Å². The first-order valence-electron chi connectivity index (χ1n) is 4.75. The van der Waals surface area contributed by atoms with Gasteiger partial charge in [-0.2, -0.15) is 0 Å². The van der Waals surface area contributed by atoms with E-state index in [1.54, 1.807) is 0 Å². The van der Waals surface area contributed by atoms with E-state index in [-0.39, 0.29) is 0 Å².